The summed E-state index contributed by atoms with van der Waals surface area (Å²) in [5.74, 6) is -1.53. The number of nitrogens with one attached hydrogen (secondary N) is 1. The van der Waals surface area contributed by atoms with E-state index in [2.05, 4.69) is 15.3 Å². The molecular weight excluding hydrogens is 456 g/mol. The molecule has 0 aliphatic carbocycles. The second-order valence-corrected chi connectivity index (χ2v) is 9.63. The van der Waals surface area contributed by atoms with Gasteiger partial charge in [-0.1, -0.05) is 23.3 Å². The van der Waals surface area contributed by atoms with Crippen molar-refractivity contribution in [2.75, 3.05) is 6.61 Å². The number of hydrogen-bond acceptors (Lipinski definition) is 8. The molecule has 1 saturated heterocycles. The van der Waals surface area contributed by atoms with E-state index in [0.29, 0.717) is 5.75 Å². The third-order valence-electron chi connectivity index (χ3n) is 4.95. The van der Waals surface area contributed by atoms with Crippen molar-refractivity contribution in [3.05, 3.63) is 40.8 Å². The number of carbonyl (C=O) groups excluding carboxylic acids is 3. The average Bonchev–Trinajstić information content (AvgIpc) is 2.86. The molecule has 5 atom stereocenters. The van der Waals surface area contributed by atoms with Crippen molar-refractivity contribution in [1.29, 1.82) is 0 Å². The average molecular weight is 493 g/mol. The maximum absolute atomic E-state index is 13.0. The summed E-state index contributed by atoms with van der Waals surface area (Å²) in [7, 11) is 0. The van der Waals surface area contributed by atoms with Crippen LogP contribution < -0.4 is 10.1 Å². The van der Waals surface area contributed by atoms with E-state index in [1.54, 1.807) is 44.2 Å². The standard InChI is InChI=1S/C24H34N4O7/c1-14(29)26-18-19(35-22(31)24(5,6)7)17(27-28-25)16(13-32-21(30)23(2,3)4)34-20(18)33-15-11-9-8-10-12-15/h8-12,16-20H,13H2,1-7H3,(H,26,29)/t16-,17+,18-,19+,20?/m1/s1/i2D,5D. The topological polar surface area (TPSA) is 149 Å². The van der Waals surface area contributed by atoms with Crippen molar-refractivity contribution < 1.29 is 36.1 Å². The molecule has 11 nitrogen and oxygen atoms in total. The van der Waals surface area contributed by atoms with E-state index in [-0.39, 0.29) is 13.8 Å². The number of benzene rings is 1. The highest BCUT2D eigenvalue weighted by atomic mass is 16.7. The SMILES string of the molecule is [2H]CC(C)(C)C(=O)OC[C@H]1OC(Oc2ccccc2)[C@H](NC(C)=O)[C@@H](OC(=O)C(C)(C)C[2H])[C@H]1N=[N+]=[N-]. The van der Waals surface area contributed by atoms with Crippen molar-refractivity contribution >= 4 is 17.8 Å². The molecule has 192 valence electrons. The Morgan fingerprint density at radius 2 is 1.77 bits per heavy atom. The highest BCUT2D eigenvalue weighted by molar-refractivity contribution is 5.76. The van der Waals surface area contributed by atoms with Crippen LogP contribution in [0.15, 0.2) is 35.4 Å². The monoisotopic (exact) mass is 492 g/mol. The Kier molecular flexibility index (Phi) is 8.09. The summed E-state index contributed by atoms with van der Waals surface area (Å²) in [5.41, 5.74) is 7.00. The summed E-state index contributed by atoms with van der Waals surface area (Å²) in [5, 5.41) is 6.42. The van der Waals surface area contributed by atoms with Crippen LogP contribution in [0, 0.1) is 10.8 Å². The van der Waals surface area contributed by atoms with E-state index in [1.807, 2.05) is 0 Å². The van der Waals surface area contributed by atoms with Crippen LogP contribution in [0.1, 0.15) is 51.2 Å². The van der Waals surface area contributed by atoms with Gasteiger partial charge in [0.25, 0.3) is 0 Å². The van der Waals surface area contributed by atoms with Crippen LogP contribution in [-0.2, 0) is 28.6 Å². The van der Waals surface area contributed by atoms with Gasteiger partial charge in [-0.3, -0.25) is 14.4 Å². The number of para-hydroxylation sites is 1. The van der Waals surface area contributed by atoms with Gasteiger partial charge in [-0.05, 0) is 59.2 Å². The largest absolute Gasteiger partial charge is 0.463 e. The van der Waals surface area contributed by atoms with Gasteiger partial charge in [0, 0.05) is 14.6 Å². The number of rotatable bonds is 7. The first-order chi connectivity index (χ1) is 17.4. The third kappa shape index (κ3) is 7.87. The van der Waals surface area contributed by atoms with Crippen molar-refractivity contribution in [2.45, 2.75) is 79.0 Å². The van der Waals surface area contributed by atoms with Crippen LogP contribution in [0.25, 0.3) is 10.4 Å². The molecule has 1 heterocycles. The number of carbonyl (C=O) groups is 3. The zero-order valence-electron chi connectivity index (χ0n) is 22.6. The van der Waals surface area contributed by atoms with Crippen LogP contribution in [-0.4, -0.2) is 55.0 Å². The van der Waals surface area contributed by atoms with Gasteiger partial charge in [-0.2, -0.15) is 0 Å². The van der Waals surface area contributed by atoms with E-state index in [9.17, 15) is 19.9 Å². The second kappa shape index (κ2) is 11.4. The number of azide groups is 1. The van der Waals surface area contributed by atoms with Gasteiger partial charge in [-0.25, -0.2) is 0 Å². The third-order valence-corrected chi connectivity index (χ3v) is 4.95. The lowest BCUT2D eigenvalue weighted by molar-refractivity contribution is -0.225. The van der Waals surface area contributed by atoms with E-state index in [1.165, 1.54) is 20.8 Å². The molecule has 1 N–H and O–H groups in total. The lowest BCUT2D eigenvalue weighted by Gasteiger charge is -2.44. The minimum Gasteiger partial charge on any atom is -0.463 e. The van der Waals surface area contributed by atoms with Gasteiger partial charge in [-0.15, -0.1) is 0 Å². The number of esters is 2. The molecule has 1 unspecified atom stereocenters. The van der Waals surface area contributed by atoms with E-state index >= 15 is 0 Å². The summed E-state index contributed by atoms with van der Waals surface area (Å²) in [6.45, 7) is 6.51. The Morgan fingerprint density at radius 3 is 2.34 bits per heavy atom. The van der Waals surface area contributed by atoms with Crippen LogP contribution in [0.3, 0.4) is 0 Å². The molecule has 1 aromatic carbocycles. The van der Waals surface area contributed by atoms with Crippen molar-refractivity contribution in [3.63, 3.8) is 0 Å². The number of nitrogens with zero attached hydrogens (tertiary/aromatic N) is 3. The molecule has 35 heavy (non-hydrogen) atoms. The summed E-state index contributed by atoms with van der Waals surface area (Å²) in [4.78, 5) is 40.5. The maximum atomic E-state index is 13.0. The Hall–Kier alpha value is -3.30. The fourth-order valence-electron chi connectivity index (χ4n) is 3.15. The van der Waals surface area contributed by atoms with Crippen molar-refractivity contribution in [1.82, 2.24) is 5.32 Å². The molecule has 2 rings (SSSR count). The zero-order chi connectivity index (χ0) is 27.8. The van der Waals surface area contributed by atoms with E-state index in [4.69, 9.17) is 21.7 Å². The number of amides is 1. The fourth-order valence-corrected chi connectivity index (χ4v) is 3.15. The first-order valence-corrected chi connectivity index (χ1v) is 11.0. The molecule has 11 heteroatoms. The van der Waals surface area contributed by atoms with Gasteiger partial charge in [0.15, 0.2) is 0 Å². The van der Waals surface area contributed by atoms with Crippen LogP contribution in [0.4, 0.5) is 0 Å². The van der Waals surface area contributed by atoms with Crippen molar-refractivity contribution in [2.24, 2.45) is 15.9 Å². The zero-order valence-corrected chi connectivity index (χ0v) is 20.6. The Morgan fingerprint density at radius 1 is 1.14 bits per heavy atom. The molecule has 1 aliphatic heterocycles. The predicted molar refractivity (Wildman–Crippen MR) is 126 cm³/mol. The van der Waals surface area contributed by atoms with Gasteiger partial charge < -0.3 is 24.3 Å². The molecule has 0 bridgehead atoms. The summed E-state index contributed by atoms with van der Waals surface area (Å²) >= 11 is 0. The van der Waals surface area contributed by atoms with Gasteiger partial charge in [0.2, 0.25) is 12.2 Å². The molecule has 1 amide bonds. The molecular formula is C24H34N4O7. The molecule has 0 spiro atoms. The fraction of sp³-hybridized carbons (Fsp3) is 0.625. The molecule has 0 aromatic heterocycles. The Balaban J connectivity index is 2.50. The first-order valence-electron chi connectivity index (χ1n) is 12.4. The Labute approximate surface area is 207 Å². The number of ether oxygens (including phenoxy) is 4. The van der Waals surface area contributed by atoms with Gasteiger partial charge >= 0.3 is 11.9 Å². The molecule has 0 radical (unpaired) electrons. The first kappa shape index (κ1) is 24.8. The minimum absolute atomic E-state index is 0.218. The molecule has 1 aromatic rings. The predicted octanol–water partition coefficient (Wildman–Crippen LogP) is 3.52. The quantitative estimate of drug-likeness (QED) is 0.265. The van der Waals surface area contributed by atoms with Gasteiger partial charge in [0.05, 0.1) is 10.8 Å². The normalized spacial score (nSPS) is 25.2. The highest BCUT2D eigenvalue weighted by Gasteiger charge is 2.51. The second-order valence-electron chi connectivity index (χ2n) is 9.63. The lowest BCUT2D eigenvalue weighted by Crippen LogP contribution is -2.66. The molecule has 0 saturated carbocycles. The van der Waals surface area contributed by atoms with Crippen LogP contribution in [0.5, 0.6) is 5.75 Å². The summed E-state index contributed by atoms with van der Waals surface area (Å²) in [6.07, 6.45) is -3.65. The maximum Gasteiger partial charge on any atom is 0.311 e. The summed E-state index contributed by atoms with van der Waals surface area (Å²) in [6, 6.07) is 6.20. The van der Waals surface area contributed by atoms with Crippen LogP contribution >= 0.6 is 0 Å². The highest BCUT2D eigenvalue weighted by Crippen LogP contribution is 2.31. The lowest BCUT2D eigenvalue weighted by atomic mass is 9.92. The van der Waals surface area contributed by atoms with Gasteiger partial charge in [0.1, 0.15) is 36.6 Å². The number of hydrogen-bond donors (Lipinski definition) is 1. The van der Waals surface area contributed by atoms with Crippen molar-refractivity contribution in [3.8, 4) is 5.75 Å². The van der Waals surface area contributed by atoms with E-state index in [0.717, 1.165) is 0 Å². The smallest absolute Gasteiger partial charge is 0.311 e. The summed E-state index contributed by atoms with van der Waals surface area (Å²) < 4.78 is 38.4. The molecule has 1 fully saturated rings. The molecule has 1 aliphatic rings. The van der Waals surface area contributed by atoms with Crippen LogP contribution in [0.2, 0.25) is 0 Å². The van der Waals surface area contributed by atoms with E-state index < -0.39 is 65.9 Å². The Bertz CT molecular complexity index is 1000. The minimum atomic E-state index is -1.28.